The molecular formula is C10H15N3O2. The molecule has 1 amide bonds. The highest BCUT2D eigenvalue weighted by Crippen LogP contribution is 2.07. The molecule has 0 aliphatic carbocycles. The molecule has 15 heavy (non-hydrogen) atoms. The van der Waals surface area contributed by atoms with Crippen molar-refractivity contribution in [3.8, 4) is 0 Å². The van der Waals surface area contributed by atoms with Gasteiger partial charge in [0.25, 0.3) is 0 Å². The van der Waals surface area contributed by atoms with Gasteiger partial charge in [-0.25, -0.2) is 9.78 Å². The van der Waals surface area contributed by atoms with Crippen molar-refractivity contribution in [2.75, 3.05) is 19.7 Å². The van der Waals surface area contributed by atoms with Crippen LogP contribution in [0, 0.1) is 0 Å². The minimum absolute atomic E-state index is 0.0233. The van der Waals surface area contributed by atoms with Gasteiger partial charge < -0.3 is 9.64 Å². The fourth-order valence-corrected chi connectivity index (χ4v) is 1.70. The van der Waals surface area contributed by atoms with E-state index >= 15 is 0 Å². The standard InChI is InChI=1S/C10H15N3O2/c1-9-7-12(4-2-6-15-9)10(14)13-5-3-11-8-13/h3,5,8-9H,2,4,6-7H2,1H3. The first-order valence-electron chi connectivity index (χ1n) is 5.16. The summed E-state index contributed by atoms with van der Waals surface area (Å²) in [7, 11) is 0. The smallest absolute Gasteiger partial charge is 0.329 e. The molecule has 1 aliphatic rings. The van der Waals surface area contributed by atoms with E-state index in [-0.39, 0.29) is 12.1 Å². The van der Waals surface area contributed by atoms with Gasteiger partial charge in [-0.05, 0) is 13.3 Å². The summed E-state index contributed by atoms with van der Waals surface area (Å²) in [6.45, 7) is 4.12. The van der Waals surface area contributed by atoms with Gasteiger partial charge in [0, 0.05) is 32.1 Å². The molecule has 0 spiro atoms. The van der Waals surface area contributed by atoms with Gasteiger partial charge in [0.2, 0.25) is 0 Å². The van der Waals surface area contributed by atoms with Gasteiger partial charge in [-0.15, -0.1) is 0 Å². The maximum Gasteiger partial charge on any atom is 0.329 e. The van der Waals surface area contributed by atoms with Gasteiger partial charge in [-0.2, -0.15) is 0 Å². The number of carbonyl (C=O) groups excluding carboxylic acids is 1. The van der Waals surface area contributed by atoms with Crippen molar-refractivity contribution in [3.63, 3.8) is 0 Å². The van der Waals surface area contributed by atoms with Crippen LogP contribution in [0.1, 0.15) is 13.3 Å². The maximum absolute atomic E-state index is 12.0. The lowest BCUT2D eigenvalue weighted by Crippen LogP contribution is -2.38. The molecule has 5 heteroatoms. The van der Waals surface area contributed by atoms with Crippen LogP contribution < -0.4 is 0 Å². The van der Waals surface area contributed by atoms with Crippen molar-refractivity contribution in [1.82, 2.24) is 14.5 Å². The molecule has 0 saturated carbocycles. The van der Waals surface area contributed by atoms with Crippen LogP contribution in [0.4, 0.5) is 4.79 Å². The molecule has 0 radical (unpaired) electrons. The normalized spacial score (nSPS) is 22.5. The van der Waals surface area contributed by atoms with Gasteiger partial charge in [-0.3, -0.25) is 4.57 Å². The Labute approximate surface area is 88.7 Å². The van der Waals surface area contributed by atoms with Crippen LogP contribution in [-0.4, -0.2) is 46.3 Å². The number of carbonyl (C=O) groups is 1. The number of ether oxygens (including phenoxy) is 1. The van der Waals surface area contributed by atoms with E-state index in [1.54, 1.807) is 17.3 Å². The zero-order chi connectivity index (χ0) is 10.7. The highest BCUT2D eigenvalue weighted by Gasteiger charge is 2.20. The van der Waals surface area contributed by atoms with E-state index in [0.717, 1.165) is 19.6 Å². The van der Waals surface area contributed by atoms with Crippen LogP contribution >= 0.6 is 0 Å². The molecule has 1 unspecified atom stereocenters. The van der Waals surface area contributed by atoms with Crippen LogP contribution in [0.25, 0.3) is 0 Å². The van der Waals surface area contributed by atoms with Crippen LogP contribution in [0.2, 0.25) is 0 Å². The third kappa shape index (κ3) is 2.36. The van der Waals surface area contributed by atoms with Gasteiger partial charge in [0.1, 0.15) is 6.33 Å². The highest BCUT2D eigenvalue weighted by molar-refractivity contribution is 5.76. The van der Waals surface area contributed by atoms with Gasteiger partial charge >= 0.3 is 6.03 Å². The molecule has 1 aliphatic heterocycles. The SMILES string of the molecule is CC1CN(C(=O)n2ccnc2)CCCO1. The Morgan fingerprint density at radius 2 is 2.47 bits per heavy atom. The number of nitrogens with zero attached hydrogens (tertiary/aromatic N) is 3. The molecule has 1 aromatic heterocycles. The van der Waals surface area contributed by atoms with Gasteiger partial charge in [-0.1, -0.05) is 0 Å². The van der Waals surface area contributed by atoms with E-state index in [0.29, 0.717) is 6.54 Å². The summed E-state index contributed by atoms with van der Waals surface area (Å²) in [5, 5.41) is 0. The van der Waals surface area contributed by atoms with Crippen LogP contribution in [-0.2, 0) is 4.74 Å². The zero-order valence-corrected chi connectivity index (χ0v) is 8.80. The molecule has 0 bridgehead atoms. The quantitative estimate of drug-likeness (QED) is 0.639. The van der Waals surface area contributed by atoms with Crippen molar-refractivity contribution in [3.05, 3.63) is 18.7 Å². The fourth-order valence-electron chi connectivity index (χ4n) is 1.70. The molecule has 5 nitrogen and oxygen atoms in total. The van der Waals surface area contributed by atoms with Crippen molar-refractivity contribution in [2.24, 2.45) is 0 Å². The molecule has 1 fully saturated rings. The predicted molar refractivity (Wildman–Crippen MR) is 54.6 cm³/mol. The molecule has 2 rings (SSSR count). The average Bonchev–Trinajstić information content (AvgIpc) is 2.67. The first kappa shape index (κ1) is 10.2. The van der Waals surface area contributed by atoms with E-state index in [1.165, 1.54) is 10.9 Å². The second-order valence-electron chi connectivity index (χ2n) is 3.73. The third-order valence-electron chi connectivity index (χ3n) is 2.45. The Bertz CT molecular complexity index is 323. The maximum atomic E-state index is 12.0. The topological polar surface area (TPSA) is 47.4 Å². The van der Waals surface area contributed by atoms with Crippen molar-refractivity contribution in [2.45, 2.75) is 19.4 Å². The molecule has 0 N–H and O–H groups in total. The molecular weight excluding hydrogens is 194 g/mol. The Morgan fingerprint density at radius 3 is 3.20 bits per heavy atom. The highest BCUT2D eigenvalue weighted by atomic mass is 16.5. The summed E-state index contributed by atoms with van der Waals surface area (Å²) in [6, 6.07) is -0.0233. The van der Waals surface area contributed by atoms with Crippen molar-refractivity contribution < 1.29 is 9.53 Å². The Hall–Kier alpha value is -1.36. The van der Waals surface area contributed by atoms with E-state index in [1.807, 2.05) is 6.92 Å². The minimum Gasteiger partial charge on any atom is -0.377 e. The first-order chi connectivity index (χ1) is 7.27. The summed E-state index contributed by atoms with van der Waals surface area (Å²) in [6.07, 6.45) is 5.80. The number of imidazole rings is 1. The van der Waals surface area contributed by atoms with Gasteiger partial charge in [0.05, 0.1) is 6.10 Å². The summed E-state index contributed by atoms with van der Waals surface area (Å²) in [4.78, 5) is 17.6. The molecule has 1 aromatic rings. The second-order valence-corrected chi connectivity index (χ2v) is 3.73. The lowest BCUT2D eigenvalue weighted by molar-refractivity contribution is 0.0711. The Balaban J connectivity index is 2.06. The summed E-state index contributed by atoms with van der Waals surface area (Å²) >= 11 is 0. The average molecular weight is 209 g/mol. The van der Waals surface area contributed by atoms with Crippen LogP contribution in [0.15, 0.2) is 18.7 Å². The summed E-state index contributed by atoms with van der Waals surface area (Å²) in [5.41, 5.74) is 0. The fraction of sp³-hybridized carbons (Fsp3) is 0.600. The summed E-state index contributed by atoms with van der Waals surface area (Å²) in [5.74, 6) is 0. The predicted octanol–water partition coefficient (Wildman–Crippen LogP) is 0.962. The number of amides is 1. The Kier molecular flexibility index (Phi) is 3.01. The number of hydrogen-bond donors (Lipinski definition) is 0. The largest absolute Gasteiger partial charge is 0.377 e. The first-order valence-corrected chi connectivity index (χ1v) is 5.16. The van der Waals surface area contributed by atoms with E-state index < -0.39 is 0 Å². The zero-order valence-electron chi connectivity index (χ0n) is 8.80. The van der Waals surface area contributed by atoms with Crippen molar-refractivity contribution >= 4 is 6.03 Å². The van der Waals surface area contributed by atoms with Crippen LogP contribution in [0.5, 0.6) is 0 Å². The van der Waals surface area contributed by atoms with E-state index in [2.05, 4.69) is 4.98 Å². The van der Waals surface area contributed by atoms with Crippen molar-refractivity contribution in [1.29, 1.82) is 0 Å². The number of aromatic nitrogens is 2. The second kappa shape index (κ2) is 4.44. The van der Waals surface area contributed by atoms with Gasteiger partial charge in [0.15, 0.2) is 0 Å². The molecule has 0 aromatic carbocycles. The number of hydrogen-bond acceptors (Lipinski definition) is 3. The molecule has 2 heterocycles. The molecule has 82 valence electrons. The van der Waals surface area contributed by atoms with E-state index in [4.69, 9.17) is 4.74 Å². The van der Waals surface area contributed by atoms with E-state index in [9.17, 15) is 4.79 Å². The molecule has 1 saturated heterocycles. The third-order valence-corrected chi connectivity index (χ3v) is 2.45. The van der Waals surface area contributed by atoms with Crippen LogP contribution in [0.3, 0.4) is 0 Å². The lowest BCUT2D eigenvalue weighted by Gasteiger charge is -2.21. The monoisotopic (exact) mass is 209 g/mol. The summed E-state index contributed by atoms with van der Waals surface area (Å²) < 4.78 is 6.98. The minimum atomic E-state index is -0.0233. The molecule has 1 atom stereocenters. The lowest BCUT2D eigenvalue weighted by atomic mass is 10.3. The number of rotatable bonds is 0. The Morgan fingerprint density at radius 1 is 1.60 bits per heavy atom.